The average Bonchev–Trinajstić information content (AvgIpc) is 2.15. The monoisotopic (exact) mass is 306 g/mol. The van der Waals surface area contributed by atoms with Crippen LogP contribution in [0.1, 0.15) is 0 Å². The molecule has 0 bridgehead atoms. The van der Waals surface area contributed by atoms with Crippen LogP contribution >= 0.6 is 28.5 Å². The van der Waals surface area contributed by atoms with E-state index in [0.717, 1.165) is 0 Å². The predicted molar refractivity (Wildman–Crippen MR) is 70.0 cm³/mol. The predicted octanol–water partition coefficient (Wildman–Crippen LogP) is 2.37. The molecule has 0 fully saturated rings. The third kappa shape index (κ3) is 12.5. The summed E-state index contributed by atoms with van der Waals surface area (Å²) < 4.78 is 15.0. The van der Waals surface area contributed by atoms with E-state index in [4.69, 9.17) is 36.5 Å². The Morgan fingerprint density at radius 3 is 1.76 bits per heavy atom. The summed E-state index contributed by atoms with van der Waals surface area (Å²) in [5.41, 5.74) is 0. The summed E-state index contributed by atoms with van der Waals surface area (Å²) in [7, 11) is 0. The van der Waals surface area contributed by atoms with Crippen molar-refractivity contribution < 1.29 is 23.8 Å². The molecule has 0 saturated carbocycles. The summed E-state index contributed by atoms with van der Waals surface area (Å²) in [6.07, 6.45) is 2.29. The first-order valence-electron chi connectivity index (χ1n) is 4.76. The van der Waals surface area contributed by atoms with Gasteiger partial charge in [0.15, 0.2) is 0 Å². The van der Waals surface area contributed by atoms with Crippen LogP contribution in [0.2, 0.25) is 0 Å². The first-order chi connectivity index (χ1) is 7.74. The van der Waals surface area contributed by atoms with Crippen molar-refractivity contribution >= 4 is 28.5 Å². The van der Waals surface area contributed by atoms with Crippen LogP contribution in [0, 0.1) is 0 Å². The van der Waals surface area contributed by atoms with Crippen molar-refractivity contribution in [2.75, 3.05) is 26.4 Å². The number of hydrogen-bond donors (Lipinski definition) is 2. The van der Waals surface area contributed by atoms with Gasteiger partial charge >= 0.3 is 110 Å². The molecule has 0 saturated heterocycles. The van der Waals surface area contributed by atoms with Crippen molar-refractivity contribution in [2.45, 2.75) is 6.10 Å². The van der Waals surface area contributed by atoms with Crippen molar-refractivity contribution in [3.05, 3.63) is 25.3 Å². The molecule has 102 valence electrons. The molecule has 0 aromatic rings. The van der Waals surface area contributed by atoms with E-state index >= 15 is 0 Å². The Labute approximate surface area is 110 Å². The van der Waals surface area contributed by atoms with Gasteiger partial charge in [0, 0.05) is 0 Å². The first kappa shape index (κ1) is 17.3. The fraction of sp³-hybridized carbons (Fsp3) is 0.556. The standard InChI is InChI=1S/C9H17Cl2O5P/c1-3-5-14-7-9(8-15-6-4-2)16-17(10,11,12)13/h3-4,9,12-13H,1-2,5-8H2. The minimum absolute atomic E-state index is 0.0433. The SMILES string of the molecule is C=CCOCC(COCC=C)OP(O)(O)(Cl)Cl. The summed E-state index contributed by atoms with van der Waals surface area (Å²) >= 11 is 10.5. The summed E-state index contributed by atoms with van der Waals surface area (Å²) in [6, 6.07) is 0. The number of ether oxygens (including phenoxy) is 2. The topological polar surface area (TPSA) is 68.2 Å². The van der Waals surface area contributed by atoms with Gasteiger partial charge in [-0.3, -0.25) is 0 Å². The normalized spacial score (nSPS) is 14.3. The Bertz CT molecular complexity index is 230. The zero-order chi connectivity index (χ0) is 13.4. The van der Waals surface area contributed by atoms with E-state index in [9.17, 15) is 9.79 Å². The molecule has 0 rings (SSSR count). The second-order valence-electron chi connectivity index (χ2n) is 3.14. The third-order valence-corrected chi connectivity index (χ3v) is 2.53. The van der Waals surface area contributed by atoms with Crippen LogP contribution in [-0.4, -0.2) is 42.3 Å². The van der Waals surface area contributed by atoms with Gasteiger partial charge < -0.3 is 0 Å². The van der Waals surface area contributed by atoms with Crippen molar-refractivity contribution in [3.8, 4) is 0 Å². The van der Waals surface area contributed by atoms with Crippen molar-refractivity contribution in [2.24, 2.45) is 0 Å². The first-order valence-corrected chi connectivity index (χ1v) is 8.63. The van der Waals surface area contributed by atoms with Crippen LogP contribution in [-0.2, 0) is 14.0 Å². The fourth-order valence-corrected chi connectivity index (χ4v) is 2.21. The molecule has 0 aliphatic rings. The molecule has 17 heavy (non-hydrogen) atoms. The summed E-state index contributed by atoms with van der Waals surface area (Å²) in [4.78, 5) is 18.4. The Morgan fingerprint density at radius 1 is 1.06 bits per heavy atom. The van der Waals surface area contributed by atoms with E-state index in [2.05, 4.69) is 13.2 Å². The molecule has 0 amide bonds. The van der Waals surface area contributed by atoms with Gasteiger partial charge in [0.25, 0.3) is 0 Å². The van der Waals surface area contributed by atoms with Crippen LogP contribution in [0.5, 0.6) is 0 Å². The van der Waals surface area contributed by atoms with Gasteiger partial charge in [-0.1, -0.05) is 0 Å². The van der Waals surface area contributed by atoms with Gasteiger partial charge in [0.1, 0.15) is 0 Å². The molecule has 0 radical (unpaired) electrons. The van der Waals surface area contributed by atoms with Crippen LogP contribution < -0.4 is 0 Å². The summed E-state index contributed by atoms with van der Waals surface area (Å²) in [6.45, 7) is 7.60. The number of rotatable bonds is 10. The van der Waals surface area contributed by atoms with Gasteiger partial charge in [0.2, 0.25) is 0 Å². The van der Waals surface area contributed by atoms with Gasteiger partial charge in [-0.05, 0) is 0 Å². The molecular weight excluding hydrogens is 290 g/mol. The van der Waals surface area contributed by atoms with E-state index in [1.807, 2.05) is 0 Å². The van der Waals surface area contributed by atoms with Gasteiger partial charge in [-0.25, -0.2) is 0 Å². The molecule has 0 aliphatic heterocycles. The molecule has 0 heterocycles. The molecule has 0 unspecified atom stereocenters. The van der Waals surface area contributed by atoms with Crippen molar-refractivity contribution in [1.82, 2.24) is 0 Å². The molecule has 0 spiro atoms. The van der Waals surface area contributed by atoms with E-state index in [0.29, 0.717) is 13.2 Å². The quantitative estimate of drug-likeness (QED) is 0.368. The molecule has 2 N–H and O–H groups in total. The molecule has 0 atom stereocenters. The Hall–Kier alpha value is 0.290. The second-order valence-corrected chi connectivity index (χ2v) is 9.04. The van der Waals surface area contributed by atoms with E-state index < -0.39 is 12.1 Å². The molecule has 0 aliphatic carbocycles. The van der Waals surface area contributed by atoms with Crippen LogP contribution in [0.15, 0.2) is 25.3 Å². The molecular formula is C9H17Cl2O5P. The maximum absolute atomic E-state index is 9.21. The Kier molecular flexibility index (Phi) is 7.80. The van der Waals surface area contributed by atoms with E-state index in [-0.39, 0.29) is 13.2 Å². The third-order valence-electron chi connectivity index (χ3n) is 1.40. The fourth-order valence-electron chi connectivity index (χ4n) is 0.921. The van der Waals surface area contributed by atoms with Crippen molar-refractivity contribution in [3.63, 3.8) is 0 Å². The summed E-state index contributed by atoms with van der Waals surface area (Å²) in [5, 5.41) is 0. The average molecular weight is 307 g/mol. The van der Waals surface area contributed by atoms with Crippen LogP contribution in [0.4, 0.5) is 0 Å². The van der Waals surface area contributed by atoms with Gasteiger partial charge in [0.05, 0.1) is 0 Å². The maximum atomic E-state index is 9.21. The Morgan fingerprint density at radius 2 is 1.47 bits per heavy atom. The van der Waals surface area contributed by atoms with Gasteiger partial charge in [-0.15, -0.1) is 0 Å². The van der Waals surface area contributed by atoms with Gasteiger partial charge in [-0.2, -0.15) is 0 Å². The number of halogens is 2. The summed E-state index contributed by atoms with van der Waals surface area (Å²) in [5.74, 6) is -5.07. The molecule has 0 aromatic heterocycles. The van der Waals surface area contributed by atoms with Crippen LogP contribution in [0.3, 0.4) is 0 Å². The minimum atomic E-state index is -5.07. The van der Waals surface area contributed by atoms with E-state index in [1.54, 1.807) is 12.2 Å². The Balaban J connectivity index is 4.19. The second kappa shape index (κ2) is 7.67. The molecule has 0 aromatic carbocycles. The van der Waals surface area contributed by atoms with Crippen LogP contribution in [0.25, 0.3) is 0 Å². The molecule has 8 heteroatoms. The zero-order valence-electron chi connectivity index (χ0n) is 9.30. The molecule has 5 nitrogen and oxygen atoms in total. The van der Waals surface area contributed by atoms with E-state index in [1.165, 1.54) is 0 Å². The number of hydrogen-bond acceptors (Lipinski definition) is 5. The van der Waals surface area contributed by atoms with Crippen molar-refractivity contribution in [1.29, 1.82) is 0 Å². The zero-order valence-corrected chi connectivity index (χ0v) is 11.7.